The summed E-state index contributed by atoms with van der Waals surface area (Å²) < 4.78 is 58.9. The number of halogens is 5. The lowest BCUT2D eigenvalue weighted by Gasteiger charge is -1.84. The molecule has 0 aromatic carbocycles. The van der Waals surface area contributed by atoms with E-state index in [0.29, 0.717) is 0 Å². The lowest BCUT2D eigenvalue weighted by molar-refractivity contribution is 0.409. The molecule has 0 amide bonds. The maximum Gasteiger partial charge on any atom is 0.309 e. The first kappa shape index (κ1) is 10.4. The highest BCUT2D eigenvalue weighted by Gasteiger charge is 2.13. The SMILES string of the molecule is FC(F)=Cc1nc(C(F)=C(F)F)n[nH]1. The van der Waals surface area contributed by atoms with Gasteiger partial charge in [0.25, 0.3) is 6.08 Å². The quantitative estimate of drug-likeness (QED) is 0.763. The second-order valence-electron chi connectivity index (χ2n) is 2.05. The van der Waals surface area contributed by atoms with Gasteiger partial charge in [0.05, 0.1) is 0 Å². The molecule has 0 saturated carbocycles. The fourth-order valence-corrected chi connectivity index (χ4v) is 0.625. The van der Waals surface area contributed by atoms with Gasteiger partial charge in [-0.1, -0.05) is 0 Å². The summed E-state index contributed by atoms with van der Waals surface area (Å²) in [5.74, 6) is -3.41. The standard InChI is InChI=1S/C6H2F5N3/c7-2(8)1-3-12-6(14-13-3)4(9)5(10)11/h1H,(H,12,13,14). The number of H-pyrrole nitrogens is 1. The Morgan fingerprint density at radius 2 is 1.79 bits per heavy atom. The molecular weight excluding hydrogens is 209 g/mol. The third kappa shape index (κ3) is 2.38. The van der Waals surface area contributed by atoms with Gasteiger partial charge in [-0.05, 0) is 0 Å². The molecule has 8 heteroatoms. The monoisotopic (exact) mass is 211 g/mol. The van der Waals surface area contributed by atoms with Crippen molar-refractivity contribution in [3.05, 3.63) is 23.8 Å². The highest BCUT2D eigenvalue weighted by atomic mass is 19.3. The Morgan fingerprint density at radius 1 is 1.14 bits per heavy atom. The normalized spacial score (nSPS) is 9.79. The van der Waals surface area contributed by atoms with Crippen LogP contribution in [0.1, 0.15) is 11.6 Å². The van der Waals surface area contributed by atoms with Crippen molar-refractivity contribution < 1.29 is 22.0 Å². The van der Waals surface area contributed by atoms with Crippen molar-refractivity contribution in [1.29, 1.82) is 0 Å². The maximum absolute atomic E-state index is 12.4. The van der Waals surface area contributed by atoms with Crippen molar-refractivity contribution in [1.82, 2.24) is 15.2 Å². The Kier molecular flexibility index (Phi) is 2.95. The molecule has 0 spiro atoms. The Morgan fingerprint density at radius 3 is 2.29 bits per heavy atom. The van der Waals surface area contributed by atoms with E-state index in [1.165, 1.54) is 0 Å². The average Bonchev–Trinajstić information content (AvgIpc) is 2.50. The zero-order chi connectivity index (χ0) is 10.7. The first-order valence-corrected chi connectivity index (χ1v) is 3.17. The summed E-state index contributed by atoms with van der Waals surface area (Å²) in [5, 5.41) is 4.81. The van der Waals surface area contributed by atoms with Gasteiger partial charge in [0, 0.05) is 6.08 Å². The van der Waals surface area contributed by atoms with Crippen LogP contribution in [0.2, 0.25) is 0 Å². The highest BCUT2D eigenvalue weighted by molar-refractivity contribution is 5.53. The van der Waals surface area contributed by atoms with E-state index >= 15 is 0 Å². The molecule has 1 rings (SSSR count). The van der Waals surface area contributed by atoms with Crippen LogP contribution in [0.15, 0.2) is 12.2 Å². The Labute approximate surface area is 74.0 Å². The van der Waals surface area contributed by atoms with Gasteiger partial charge in [-0.25, -0.2) is 4.98 Å². The molecule has 1 heterocycles. The number of aromatic amines is 1. The molecule has 0 atom stereocenters. The summed E-state index contributed by atoms with van der Waals surface area (Å²) in [6.45, 7) is 0. The van der Waals surface area contributed by atoms with Crippen LogP contribution >= 0.6 is 0 Å². The van der Waals surface area contributed by atoms with E-state index in [1.807, 2.05) is 5.10 Å². The number of nitrogens with zero attached hydrogens (tertiary/aromatic N) is 2. The Hall–Kier alpha value is -1.73. The van der Waals surface area contributed by atoms with Crippen LogP contribution < -0.4 is 0 Å². The molecule has 14 heavy (non-hydrogen) atoms. The number of hydrogen-bond acceptors (Lipinski definition) is 2. The van der Waals surface area contributed by atoms with Gasteiger partial charge >= 0.3 is 6.08 Å². The Balaban J connectivity index is 3.00. The molecule has 0 aliphatic rings. The number of rotatable bonds is 2. The Bertz CT molecular complexity index is 386. The lowest BCUT2D eigenvalue weighted by Crippen LogP contribution is -1.82. The average molecular weight is 211 g/mol. The highest BCUT2D eigenvalue weighted by Crippen LogP contribution is 2.18. The fraction of sp³-hybridized carbons (Fsp3) is 0. The first-order valence-electron chi connectivity index (χ1n) is 3.17. The molecule has 0 bridgehead atoms. The van der Waals surface area contributed by atoms with Gasteiger partial charge < -0.3 is 0 Å². The van der Waals surface area contributed by atoms with Crippen LogP contribution in [0.5, 0.6) is 0 Å². The molecule has 0 radical (unpaired) electrons. The van der Waals surface area contributed by atoms with Crippen LogP contribution in [0, 0.1) is 0 Å². The van der Waals surface area contributed by atoms with Gasteiger partial charge in [0.2, 0.25) is 11.7 Å². The second-order valence-corrected chi connectivity index (χ2v) is 2.05. The molecule has 76 valence electrons. The minimum atomic E-state index is -2.61. The second kappa shape index (κ2) is 3.99. The number of aromatic nitrogens is 3. The summed E-state index contributed by atoms with van der Waals surface area (Å²) in [6, 6.07) is 0. The van der Waals surface area contributed by atoms with E-state index in [2.05, 4.69) is 10.1 Å². The predicted molar refractivity (Wildman–Crippen MR) is 36.8 cm³/mol. The predicted octanol–water partition coefficient (Wildman–Crippen LogP) is 2.58. The van der Waals surface area contributed by atoms with Gasteiger partial charge in [0.1, 0.15) is 0 Å². The smallest absolute Gasteiger partial charge is 0.259 e. The molecule has 1 aromatic heterocycles. The van der Waals surface area contributed by atoms with Crippen LogP contribution in [-0.2, 0) is 0 Å². The molecule has 1 N–H and O–H groups in total. The number of hydrogen-bond donors (Lipinski definition) is 1. The largest absolute Gasteiger partial charge is 0.309 e. The van der Waals surface area contributed by atoms with Gasteiger partial charge in [-0.3, -0.25) is 5.10 Å². The van der Waals surface area contributed by atoms with Crippen molar-refractivity contribution in [3.63, 3.8) is 0 Å². The van der Waals surface area contributed by atoms with Gasteiger partial charge in [-0.2, -0.15) is 27.1 Å². The van der Waals surface area contributed by atoms with E-state index in [1.54, 1.807) is 0 Å². The zero-order valence-corrected chi connectivity index (χ0v) is 6.36. The van der Waals surface area contributed by atoms with Crippen LogP contribution in [0.3, 0.4) is 0 Å². The maximum atomic E-state index is 12.4. The molecule has 1 aromatic rings. The zero-order valence-electron chi connectivity index (χ0n) is 6.36. The molecule has 0 unspecified atom stereocenters. The third-order valence-electron chi connectivity index (χ3n) is 1.11. The molecule has 0 saturated heterocycles. The topological polar surface area (TPSA) is 41.6 Å². The van der Waals surface area contributed by atoms with Crippen LogP contribution in [-0.4, -0.2) is 15.2 Å². The van der Waals surface area contributed by atoms with E-state index in [0.717, 1.165) is 0 Å². The molecule has 0 aliphatic heterocycles. The fourth-order valence-electron chi connectivity index (χ4n) is 0.625. The summed E-state index contributed by atoms with van der Waals surface area (Å²) in [4.78, 5) is 3.04. The first-order chi connectivity index (χ1) is 6.50. The minimum Gasteiger partial charge on any atom is -0.259 e. The lowest BCUT2D eigenvalue weighted by atomic mass is 10.5. The van der Waals surface area contributed by atoms with E-state index < -0.39 is 29.6 Å². The van der Waals surface area contributed by atoms with E-state index in [4.69, 9.17) is 0 Å². The molecular formula is C6H2F5N3. The van der Waals surface area contributed by atoms with Gasteiger partial charge in [-0.15, -0.1) is 0 Å². The van der Waals surface area contributed by atoms with Crippen LogP contribution in [0.25, 0.3) is 11.9 Å². The van der Waals surface area contributed by atoms with E-state index in [-0.39, 0.29) is 6.08 Å². The minimum absolute atomic E-state index is 0.236. The van der Waals surface area contributed by atoms with Crippen molar-refractivity contribution in [3.8, 4) is 0 Å². The summed E-state index contributed by atoms with van der Waals surface area (Å²) in [5.41, 5.74) is 0. The number of nitrogens with one attached hydrogen (secondary N) is 1. The van der Waals surface area contributed by atoms with Crippen molar-refractivity contribution in [2.45, 2.75) is 0 Å². The van der Waals surface area contributed by atoms with Crippen molar-refractivity contribution >= 4 is 11.9 Å². The summed E-state index contributed by atoms with van der Waals surface area (Å²) in [6.07, 6.45) is -4.47. The molecule has 0 aliphatic carbocycles. The summed E-state index contributed by atoms with van der Waals surface area (Å²) >= 11 is 0. The van der Waals surface area contributed by atoms with Gasteiger partial charge in [0.15, 0.2) is 5.82 Å². The molecule has 3 nitrogen and oxygen atoms in total. The van der Waals surface area contributed by atoms with E-state index in [9.17, 15) is 22.0 Å². The van der Waals surface area contributed by atoms with Crippen LogP contribution in [0.4, 0.5) is 22.0 Å². The molecule has 0 fully saturated rings. The third-order valence-corrected chi connectivity index (χ3v) is 1.11. The summed E-state index contributed by atoms with van der Waals surface area (Å²) in [7, 11) is 0. The van der Waals surface area contributed by atoms with Crippen molar-refractivity contribution in [2.24, 2.45) is 0 Å². The van der Waals surface area contributed by atoms with Crippen molar-refractivity contribution in [2.75, 3.05) is 0 Å².